The topological polar surface area (TPSA) is 61.7 Å². The zero-order valence-electron chi connectivity index (χ0n) is 10.6. The van der Waals surface area contributed by atoms with E-state index in [2.05, 4.69) is 31.0 Å². The van der Waals surface area contributed by atoms with E-state index in [9.17, 15) is 0 Å². The number of nitrogen functional groups attached to an aromatic ring is 1. The molecule has 92 valence electrons. The van der Waals surface area contributed by atoms with Gasteiger partial charge in [-0.2, -0.15) is 10.2 Å². The molecule has 0 fully saturated rings. The van der Waals surface area contributed by atoms with Gasteiger partial charge in [-0.15, -0.1) is 0 Å². The van der Waals surface area contributed by atoms with Crippen LogP contribution in [0.2, 0.25) is 0 Å². The van der Waals surface area contributed by atoms with Crippen molar-refractivity contribution >= 4 is 5.69 Å². The van der Waals surface area contributed by atoms with Crippen LogP contribution in [0.5, 0.6) is 0 Å². The van der Waals surface area contributed by atoms with Crippen molar-refractivity contribution in [3.05, 3.63) is 18.6 Å². The van der Waals surface area contributed by atoms with Gasteiger partial charge in [0.25, 0.3) is 0 Å². The fraction of sp³-hybridized carbons (Fsp3) is 0.500. The van der Waals surface area contributed by atoms with Crippen molar-refractivity contribution in [2.45, 2.75) is 39.8 Å². The van der Waals surface area contributed by atoms with Gasteiger partial charge in [0.15, 0.2) is 0 Å². The summed E-state index contributed by atoms with van der Waals surface area (Å²) in [4.78, 5) is 0. The summed E-state index contributed by atoms with van der Waals surface area (Å²) in [6, 6.07) is 0.368. The number of nitrogens with zero attached hydrogens (tertiary/aromatic N) is 4. The van der Waals surface area contributed by atoms with Crippen LogP contribution in [0.3, 0.4) is 0 Å². The normalized spacial score (nSPS) is 12.9. The molecule has 0 bridgehead atoms. The Labute approximate surface area is 101 Å². The van der Waals surface area contributed by atoms with E-state index in [4.69, 9.17) is 5.73 Å². The lowest BCUT2D eigenvalue weighted by Gasteiger charge is -2.07. The molecular weight excluding hydrogens is 214 g/mol. The lowest BCUT2D eigenvalue weighted by atomic mass is 10.2. The highest BCUT2D eigenvalue weighted by atomic mass is 15.3. The largest absolute Gasteiger partial charge is 0.396 e. The molecule has 17 heavy (non-hydrogen) atoms. The maximum absolute atomic E-state index is 6.00. The van der Waals surface area contributed by atoms with E-state index in [0.717, 1.165) is 24.2 Å². The number of nitrogens with two attached hydrogens (primary N) is 1. The standard InChI is InChI=1S/C12H19N5/c1-4-9(3)17-8-11(13)12(15-17)10-6-14-16(5-2)7-10/h6-9H,4-5,13H2,1-3H3. The van der Waals surface area contributed by atoms with Gasteiger partial charge in [0.2, 0.25) is 0 Å². The fourth-order valence-corrected chi connectivity index (χ4v) is 1.70. The summed E-state index contributed by atoms with van der Waals surface area (Å²) >= 11 is 0. The monoisotopic (exact) mass is 233 g/mol. The Morgan fingerprint density at radius 1 is 1.35 bits per heavy atom. The van der Waals surface area contributed by atoms with E-state index in [1.165, 1.54) is 0 Å². The molecule has 0 aliphatic rings. The van der Waals surface area contributed by atoms with Crippen LogP contribution in [0.1, 0.15) is 33.2 Å². The Morgan fingerprint density at radius 2 is 2.12 bits per heavy atom. The molecule has 2 aromatic heterocycles. The predicted molar refractivity (Wildman–Crippen MR) is 68.5 cm³/mol. The number of rotatable bonds is 4. The Bertz CT molecular complexity index is 497. The molecule has 1 unspecified atom stereocenters. The zero-order valence-corrected chi connectivity index (χ0v) is 10.6. The number of hydrogen-bond donors (Lipinski definition) is 1. The minimum atomic E-state index is 0.368. The molecule has 0 aromatic carbocycles. The molecule has 0 amide bonds. The van der Waals surface area contributed by atoms with Crippen LogP contribution in [0.25, 0.3) is 11.3 Å². The molecule has 0 spiro atoms. The van der Waals surface area contributed by atoms with Crippen molar-refractivity contribution in [2.24, 2.45) is 0 Å². The minimum absolute atomic E-state index is 0.368. The van der Waals surface area contributed by atoms with Crippen molar-refractivity contribution in [1.82, 2.24) is 19.6 Å². The van der Waals surface area contributed by atoms with Gasteiger partial charge in [-0.1, -0.05) is 6.92 Å². The quantitative estimate of drug-likeness (QED) is 0.881. The van der Waals surface area contributed by atoms with E-state index in [0.29, 0.717) is 11.7 Å². The molecule has 1 atom stereocenters. The summed E-state index contributed by atoms with van der Waals surface area (Å²) < 4.78 is 3.80. The van der Waals surface area contributed by atoms with Crippen molar-refractivity contribution in [2.75, 3.05) is 5.73 Å². The molecule has 5 heteroatoms. The Hall–Kier alpha value is -1.78. The van der Waals surface area contributed by atoms with Gasteiger partial charge in [0.1, 0.15) is 5.69 Å². The Balaban J connectivity index is 2.35. The summed E-state index contributed by atoms with van der Waals surface area (Å²) in [7, 11) is 0. The fourth-order valence-electron chi connectivity index (χ4n) is 1.70. The Morgan fingerprint density at radius 3 is 2.71 bits per heavy atom. The molecule has 5 nitrogen and oxygen atoms in total. The molecule has 2 N–H and O–H groups in total. The van der Waals surface area contributed by atoms with Crippen LogP contribution in [0, 0.1) is 0 Å². The smallest absolute Gasteiger partial charge is 0.118 e. The van der Waals surface area contributed by atoms with E-state index in [-0.39, 0.29) is 0 Å². The first-order valence-electron chi connectivity index (χ1n) is 6.03. The molecule has 0 aliphatic heterocycles. The van der Waals surface area contributed by atoms with E-state index < -0.39 is 0 Å². The second kappa shape index (κ2) is 4.61. The average Bonchev–Trinajstić information content (AvgIpc) is 2.93. The van der Waals surface area contributed by atoms with Gasteiger partial charge in [0.05, 0.1) is 11.9 Å². The van der Waals surface area contributed by atoms with E-state index in [1.807, 2.05) is 28.0 Å². The lowest BCUT2D eigenvalue weighted by molar-refractivity contribution is 0.479. The van der Waals surface area contributed by atoms with Crippen LogP contribution >= 0.6 is 0 Å². The van der Waals surface area contributed by atoms with Crippen molar-refractivity contribution in [3.63, 3.8) is 0 Å². The van der Waals surface area contributed by atoms with Gasteiger partial charge in [-0.3, -0.25) is 9.36 Å². The van der Waals surface area contributed by atoms with Crippen molar-refractivity contribution in [3.8, 4) is 11.3 Å². The average molecular weight is 233 g/mol. The van der Waals surface area contributed by atoms with Gasteiger partial charge in [-0.05, 0) is 20.3 Å². The maximum atomic E-state index is 6.00. The molecule has 2 rings (SSSR count). The Kier molecular flexibility index (Phi) is 3.17. The molecule has 2 aromatic rings. The number of aryl methyl sites for hydroxylation is 1. The third-order valence-electron chi connectivity index (χ3n) is 3.03. The van der Waals surface area contributed by atoms with E-state index in [1.54, 1.807) is 0 Å². The van der Waals surface area contributed by atoms with Gasteiger partial charge >= 0.3 is 0 Å². The second-order valence-electron chi connectivity index (χ2n) is 4.26. The van der Waals surface area contributed by atoms with Gasteiger partial charge < -0.3 is 5.73 Å². The minimum Gasteiger partial charge on any atom is -0.396 e. The van der Waals surface area contributed by atoms with Gasteiger partial charge in [0, 0.05) is 30.5 Å². The van der Waals surface area contributed by atoms with Crippen molar-refractivity contribution < 1.29 is 0 Å². The van der Waals surface area contributed by atoms with Crippen LogP contribution in [-0.2, 0) is 6.54 Å². The SMILES string of the molecule is CCC(C)n1cc(N)c(-c2cnn(CC)c2)n1. The number of aromatic nitrogens is 4. The summed E-state index contributed by atoms with van der Waals surface area (Å²) in [6.07, 6.45) is 6.71. The highest BCUT2D eigenvalue weighted by Crippen LogP contribution is 2.25. The highest BCUT2D eigenvalue weighted by Gasteiger charge is 2.12. The maximum Gasteiger partial charge on any atom is 0.118 e. The second-order valence-corrected chi connectivity index (χ2v) is 4.26. The molecule has 0 saturated heterocycles. The van der Waals surface area contributed by atoms with Crippen LogP contribution in [0.4, 0.5) is 5.69 Å². The first kappa shape index (κ1) is 11.7. The van der Waals surface area contributed by atoms with Gasteiger partial charge in [-0.25, -0.2) is 0 Å². The predicted octanol–water partition coefficient (Wildman–Crippen LogP) is 2.32. The first-order chi connectivity index (χ1) is 8.15. The number of hydrogen-bond acceptors (Lipinski definition) is 3. The van der Waals surface area contributed by atoms with E-state index >= 15 is 0 Å². The summed E-state index contributed by atoms with van der Waals surface area (Å²) in [5.74, 6) is 0. The lowest BCUT2D eigenvalue weighted by Crippen LogP contribution is -2.03. The third-order valence-corrected chi connectivity index (χ3v) is 3.03. The molecule has 0 aliphatic carbocycles. The highest BCUT2D eigenvalue weighted by molar-refractivity contribution is 5.70. The molecular formula is C12H19N5. The number of anilines is 1. The third kappa shape index (κ3) is 2.18. The first-order valence-corrected chi connectivity index (χ1v) is 6.03. The van der Waals surface area contributed by atoms with Crippen LogP contribution < -0.4 is 5.73 Å². The van der Waals surface area contributed by atoms with Crippen LogP contribution in [0.15, 0.2) is 18.6 Å². The molecule has 2 heterocycles. The summed E-state index contributed by atoms with van der Waals surface area (Å²) in [6.45, 7) is 7.17. The van der Waals surface area contributed by atoms with Crippen LogP contribution in [-0.4, -0.2) is 19.6 Å². The summed E-state index contributed by atoms with van der Waals surface area (Å²) in [5.41, 5.74) is 8.51. The van der Waals surface area contributed by atoms with Crippen molar-refractivity contribution in [1.29, 1.82) is 0 Å². The molecule has 0 saturated carbocycles. The zero-order chi connectivity index (χ0) is 12.4. The summed E-state index contributed by atoms with van der Waals surface area (Å²) in [5, 5.41) is 8.78. The molecule has 0 radical (unpaired) electrons.